The molecule has 2 heteroatoms. The van der Waals surface area contributed by atoms with Crippen molar-refractivity contribution in [3.63, 3.8) is 0 Å². The summed E-state index contributed by atoms with van der Waals surface area (Å²) >= 11 is 0. The minimum Gasteiger partial charge on any atom is -0.378 e. The highest BCUT2D eigenvalue weighted by Gasteiger charge is 2.16. The Morgan fingerprint density at radius 3 is 2.53 bits per heavy atom. The Balaban J connectivity index is 2.50. The molecule has 0 saturated heterocycles. The Bertz CT molecular complexity index is 266. The lowest BCUT2D eigenvalue weighted by Crippen LogP contribution is -2.32. The van der Waals surface area contributed by atoms with Crippen molar-refractivity contribution in [2.75, 3.05) is 20.6 Å². The van der Waals surface area contributed by atoms with Crippen LogP contribution in [0.3, 0.4) is 0 Å². The number of hydrogen-bond donors (Lipinski definition) is 0. The molecule has 0 fully saturated rings. The molecule has 0 N–H and O–H groups in total. The zero-order valence-corrected chi connectivity index (χ0v) is 11.9. The van der Waals surface area contributed by atoms with Crippen LogP contribution < -0.4 is 0 Å². The highest BCUT2D eigenvalue weighted by atomic mass is 15.2. The van der Waals surface area contributed by atoms with Crippen LogP contribution in [0.25, 0.3) is 0 Å². The lowest BCUT2D eigenvalue weighted by atomic mass is 10.0. The molecule has 0 aromatic heterocycles. The molecule has 98 valence electrons. The van der Waals surface area contributed by atoms with Crippen LogP contribution in [0.15, 0.2) is 24.0 Å². The Kier molecular flexibility index (Phi) is 6.17. The first kappa shape index (κ1) is 14.1. The van der Waals surface area contributed by atoms with E-state index in [1.165, 1.54) is 37.8 Å². The van der Waals surface area contributed by atoms with Gasteiger partial charge in [0.15, 0.2) is 0 Å². The highest BCUT2D eigenvalue weighted by Crippen LogP contribution is 2.19. The molecule has 0 radical (unpaired) electrons. The predicted octanol–water partition coefficient (Wildman–Crippen LogP) is 3.62. The monoisotopic (exact) mass is 236 g/mol. The summed E-state index contributed by atoms with van der Waals surface area (Å²) in [6.45, 7) is 5.61. The van der Waals surface area contributed by atoms with Crippen molar-refractivity contribution in [3.05, 3.63) is 24.0 Å². The molecule has 1 unspecified atom stereocenters. The summed E-state index contributed by atoms with van der Waals surface area (Å²) in [5.41, 5.74) is 1.34. The van der Waals surface area contributed by atoms with Gasteiger partial charge in [-0.2, -0.15) is 0 Å². The first-order valence-corrected chi connectivity index (χ1v) is 7.02. The first-order chi connectivity index (χ1) is 8.19. The lowest BCUT2D eigenvalue weighted by molar-refractivity contribution is 0.301. The Morgan fingerprint density at radius 2 is 1.94 bits per heavy atom. The van der Waals surface area contributed by atoms with Crippen molar-refractivity contribution in [1.29, 1.82) is 0 Å². The van der Waals surface area contributed by atoms with E-state index in [2.05, 4.69) is 56.1 Å². The van der Waals surface area contributed by atoms with E-state index in [9.17, 15) is 0 Å². The molecular weight excluding hydrogens is 208 g/mol. The summed E-state index contributed by atoms with van der Waals surface area (Å²) in [6, 6.07) is 0.597. The maximum atomic E-state index is 2.44. The third kappa shape index (κ3) is 4.45. The van der Waals surface area contributed by atoms with Crippen molar-refractivity contribution < 1.29 is 0 Å². The first-order valence-electron chi connectivity index (χ1n) is 7.02. The van der Waals surface area contributed by atoms with Gasteiger partial charge >= 0.3 is 0 Å². The molecule has 17 heavy (non-hydrogen) atoms. The van der Waals surface area contributed by atoms with Crippen LogP contribution in [0, 0.1) is 0 Å². The maximum absolute atomic E-state index is 2.44. The highest BCUT2D eigenvalue weighted by molar-refractivity contribution is 5.23. The van der Waals surface area contributed by atoms with Gasteiger partial charge in [0, 0.05) is 38.6 Å². The number of allylic oxidation sites excluding steroid dienone is 1. The summed E-state index contributed by atoms with van der Waals surface area (Å²) in [6.07, 6.45) is 13.6. The van der Waals surface area contributed by atoms with E-state index in [1.54, 1.807) is 0 Å². The Morgan fingerprint density at radius 1 is 1.18 bits per heavy atom. The fraction of sp³-hybridized carbons (Fsp3) is 0.733. The Labute approximate surface area is 107 Å². The van der Waals surface area contributed by atoms with Gasteiger partial charge in [-0.1, -0.05) is 32.6 Å². The third-order valence-corrected chi connectivity index (χ3v) is 3.46. The number of nitrogens with zero attached hydrogens (tertiary/aromatic N) is 2. The average molecular weight is 236 g/mol. The van der Waals surface area contributed by atoms with Gasteiger partial charge in [0.1, 0.15) is 0 Å². The fourth-order valence-corrected chi connectivity index (χ4v) is 2.30. The summed E-state index contributed by atoms with van der Waals surface area (Å²) < 4.78 is 0. The van der Waals surface area contributed by atoms with Crippen LogP contribution >= 0.6 is 0 Å². The topological polar surface area (TPSA) is 6.48 Å². The van der Waals surface area contributed by atoms with Crippen molar-refractivity contribution >= 4 is 0 Å². The second-order valence-corrected chi connectivity index (χ2v) is 5.05. The molecule has 0 spiro atoms. The number of rotatable bonds is 7. The quantitative estimate of drug-likeness (QED) is 0.623. The lowest BCUT2D eigenvalue weighted by Gasteiger charge is -2.32. The minimum absolute atomic E-state index is 0.597. The van der Waals surface area contributed by atoms with Crippen LogP contribution in [0.5, 0.6) is 0 Å². The number of likely N-dealkylation sites (N-methyl/N-ethyl adjacent to an activating group) is 2. The zero-order valence-electron chi connectivity index (χ0n) is 11.9. The largest absolute Gasteiger partial charge is 0.378 e. The van der Waals surface area contributed by atoms with E-state index in [1.807, 2.05) is 0 Å². The Hall–Kier alpha value is -0.920. The smallest absolute Gasteiger partial charge is 0.0490 e. The summed E-state index contributed by atoms with van der Waals surface area (Å²) in [7, 11) is 4.23. The standard InChI is InChI=1S/C15H28N2/c1-5-7-8-9-10-15-13-14(16(3)4)11-12-17(15)6-2/h11-13,15H,5-10H2,1-4H3. The van der Waals surface area contributed by atoms with Gasteiger partial charge < -0.3 is 9.80 Å². The summed E-state index contributed by atoms with van der Waals surface area (Å²) in [4.78, 5) is 4.64. The second-order valence-electron chi connectivity index (χ2n) is 5.05. The van der Waals surface area contributed by atoms with E-state index >= 15 is 0 Å². The van der Waals surface area contributed by atoms with Crippen LogP contribution in [-0.4, -0.2) is 36.5 Å². The molecule has 1 atom stereocenters. The van der Waals surface area contributed by atoms with Crippen molar-refractivity contribution in [3.8, 4) is 0 Å². The predicted molar refractivity (Wildman–Crippen MR) is 75.8 cm³/mol. The minimum atomic E-state index is 0.597. The second kappa shape index (κ2) is 7.41. The van der Waals surface area contributed by atoms with E-state index in [4.69, 9.17) is 0 Å². The van der Waals surface area contributed by atoms with Crippen LogP contribution in [0.2, 0.25) is 0 Å². The van der Waals surface area contributed by atoms with Gasteiger partial charge in [0.05, 0.1) is 0 Å². The van der Waals surface area contributed by atoms with Crippen LogP contribution in [-0.2, 0) is 0 Å². The fourth-order valence-electron chi connectivity index (χ4n) is 2.30. The molecule has 0 aromatic rings. The van der Waals surface area contributed by atoms with Gasteiger partial charge in [0.25, 0.3) is 0 Å². The van der Waals surface area contributed by atoms with Crippen molar-refractivity contribution in [2.45, 2.75) is 52.0 Å². The van der Waals surface area contributed by atoms with E-state index in [0.717, 1.165) is 6.54 Å². The number of hydrogen-bond acceptors (Lipinski definition) is 2. The van der Waals surface area contributed by atoms with Gasteiger partial charge in [0.2, 0.25) is 0 Å². The van der Waals surface area contributed by atoms with Crippen LogP contribution in [0.1, 0.15) is 46.0 Å². The molecular formula is C15H28N2. The van der Waals surface area contributed by atoms with E-state index in [0.29, 0.717) is 6.04 Å². The third-order valence-electron chi connectivity index (χ3n) is 3.46. The number of unbranched alkanes of at least 4 members (excludes halogenated alkanes) is 3. The molecule has 0 amide bonds. The van der Waals surface area contributed by atoms with Gasteiger partial charge in [-0.25, -0.2) is 0 Å². The SMILES string of the molecule is CCCCCCC1C=C(N(C)C)C=CN1CC. The molecule has 2 nitrogen and oxygen atoms in total. The van der Waals surface area contributed by atoms with Gasteiger partial charge in [-0.15, -0.1) is 0 Å². The van der Waals surface area contributed by atoms with Crippen LogP contribution in [0.4, 0.5) is 0 Å². The molecule has 0 bridgehead atoms. The molecule has 0 saturated carbocycles. The molecule has 1 rings (SSSR count). The van der Waals surface area contributed by atoms with Gasteiger partial charge in [-0.3, -0.25) is 0 Å². The average Bonchev–Trinajstić information content (AvgIpc) is 2.34. The maximum Gasteiger partial charge on any atom is 0.0490 e. The summed E-state index contributed by atoms with van der Waals surface area (Å²) in [5, 5.41) is 0. The molecule has 1 heterocycles. The van der Waals surface area contributed by atoms with E-state index in [-0.39, 0.29) is 0 Å². The molecule has 0 aromatic carbocycles. The molecule has 0 aliphatic carbocycles. The normalized spacial score (nSPS) is 19.4. The molecule has 1 aliphatic heterocycles. The van der Waals surface area contributed by atoms with Crippen molar-refractivity contribution in [2.24, 2.45) is 0 Å². The van der Waals surface area contributed by atoms with Crippen molar-refractivity contribution in [1.82, 2.24) is 9.80 Å². The van der Waals surface area contributed by atoms with Gasteiger partial charge in [-0.05, 0) is 25.5 Å². The zero-order chi connectivity index (χ0) is 12.7. The summed E-state index contributed by atoms with van der Waals surface area (Å²) in [5.74, 6) is 0. The molecule has 1 aliphatic rings. The van der Waals surface area contributed by atoms with E-state index < -0.39 is 0 Å².